The molecule has 0 aromatic rings. The summed E-state index contributed by atoms with van der Waals surface area (Å²) in [6, 6.07) is 0. The molecule has 14 heavy (non-hydrogen) atoms. The van der Waals surface area contributed by atoms with Gasteiger partial charge in [0.05, 0.1) is 5.60 Å². The van der Waals surface area contributed by atoms with Gasteiger partial charge in [0.15, 0.2) is 0 Å². The van der Waals surface area contributed by atoms with Crippen LogP contribution in [0.25, 0.3) is 0 Å². The smallest absolute Gasteiger partial charge is 0.0648 e. The van der Waals surface area contributed by atoms with E-state index in [0.29, 0.717) is 0 Å². The van der Waals surface area contributed by atoms with Crippen molar-refractivity contribution < 1.29 is 5.11 Å². The van der Waals surface area contributed by atoms with Gasteiger partial charge in [-0.3, -0.25) is 0 Å². The Kier molecular flexibility index (Phi) is 3.45. The Labute approximate surface area is 87.1 Å². The molecule has 1 atom stereocenters. The van der Waals surface area contributed by atoms with Gasteiger partial charge in [0.2, 0.25) is 0 Å². The number of piperidine rings is 1. The van der Waals surface area contributed by atoms with Crippen LogP contribution in [0.3, 0.4) is 0 Å². The lowest BCUT2D eigenvalue weighted by Crippen LogP contribution is -2.32. The van der Waals surface area contributed by atoms with E-state index in [1.165, 1.54) is 45.2 Å². The molecular formula is C12H23NO. The second-order valence-electron chi connectivity index (χ2n) is 5.18. The number of nitrogens with one attached hydrogen (secondary N) is 1. The summed E-state index contributed by atoms with van der Waals surface area (Å²) in [4.78, 5) is 0. The van der Waals surface area contributed by atoms with Crippen molar-refractivity contribution in [1.82, 2.24) is 5.32 Å². The predicted octanol–water partition coefficient (Wildman–Crippen LogP) is 2.07. The summed E-state index contributed by atoms with van der Waals surface area (Å²) in [5, 5.41) is 13.6. The van der Waals surface area contributed by atoms with Crippen LogP contribution in [0.2, 0.25) is 0 Å². The summed E-state index contributed by atoms with van der Waals surface area (Å²) in [5.74, 6) is 0.827. The molecule has 0 bridgehead atoms. The molecule has 2 nitrogen and oxygen atoms in total. The molecule has 2 fully saturated rings. The summed E-state index contributed by atoms with van der Waals surface area (Å²) in [5.41, 5.74) is -0.280. The fourth-order valence-electron chi connectivity index (χ4n) is 2.93. The third-order valence-corrected chi connectivity index (χ3v) is 3.95. The van der Waals surface area contributed by atoms with E-state index < -0.39 is 0 Å². The van der Waals surface area contributed by atoms with Gasteiger partial charge in [0.1, 0.15) is 0 Å². The molecule has 0 radical (unpaired) electrons. The summed E-state index contributed by atoms with van der Waals surface area (Å²) >= 11 is 0. The van der Waals surface area contributed by atoms with Crippen molar-refractivity contribution in [3.8, 4) is 0 Å². The summed E-state index contributed by atoms with van der Waals surface area (Å²) < 4.78 is 0. The van der Waals surface area contributed by atoms with Crippen LogP contribution in [0.1, 0.15) is 51.4 Å². The third-order valence-electron chi connectivity index (χ3n) is 3.95. The van der Waals surface area contributed by atoms with Crippen molar-refractivity contribution in [2.75, 3.05) is 13.1 Å². The van der Waals surface area contributed by atoms with Crippen molar-refractivity contribution in [3.05, 3.63) is 0 Å². The van der Waals surface area contributed by atoms with Crippen LogP contribution in [-0.2, 0) is 0 Å². The molecule has 1 saturated heterocycles. The normalized spacial score (nSPS) is 31.9. The highest BCUT2D eigenvalue weighted by atomic mass is 16.3. The van der Waals surface area contributed by atoms with Gasteiger partial charge in [0.25, 0.3) is 0 Å². The topological polar surface area (TPSA) is 32.3 Å². The molecule has 1 saturated carbocycles. The van der Waals surface area contributed by atoms with E-state index in [9.17, 15) is 5.11 Å². The van der Waals surface area contributed by atoms with Crippen molar-refractivity contribution in [2.24, 2.45) is 5.92 Å². The number of hydrogen-bond acceptors (Lipinski definition) is 2. The fourth-order valence-corrected chi connectivity index (χ4v) is 2.93. The van der Waals surface area contributed by atoms with Crippen LogP contribution in [0.5, 0.6) is 0 Å². The lowest BCUT2D eigenvalue weighted by atomic mass is 9.87. The molecular weight excluding hydrogens is 174 g/mol. The first-order chi connectivity index (χ1) is 6.79. The number of hydrogen-bond donors (Lipinski definition) is 2. The highest BCUT2D eigenvalue weighted by molar-refractivity contribution is 4.85. The SMILES string of the molecule is OC1(CCC2CCCNC2)CCCC1. The van der Waals surface area contributed by atoms with E-state index in [2.05, 4.69) is 5.32 Å². The highest BCUT2D eigenvalue weighted by Gasteiger charge is 2.31. The van der Waals surface area contributed by atoms with E-state index in [1.54, 1.807) is 0 Å². The minimum atomic E-state index is -0.280. The van der Waals surface area contributed by atoms with Crippen LogP contribution in [0, 0.1) is 5.92 Å². The second-order valence-corrected chi connectivity index (χ2v) is 5.18. The van der Waals surface area contributed by atoms with E-state index in [-0.39, 0.29) is 5.60 Å². The molecule has 0 spiro atoms. The average Bonchev–Trinajstić information content (AvgIpc) is 2.65. The molecule has 2 aliphatic rings. The maximum Gasteiger partial charge on any atom is 0.0648 e. The van der Waals surface area contributed by atoms with Gasteiger partial charge >= 0.3 is 0 Å². The van der Waals surface area contributed by atoms with Crippen LogP contribution in [-0.4, -0.2) is 23.8 Å². The molecule has 0 aromatic carbocycles. The third kappa shape index (κ3) is 2.71. The molecule has 2 rings (SSSR count). The maximum absolute atomic E-state index is 10.2. The maximum atomic E-state index is 10.2. The first-order valence-corrected chi connectivity index (χ1v) is 6.22. The van der Waals surface area contributed by atoms with Gasteiger partial charge in [-0.15, -0.1) is 0 Å². The van der Waals surface area contributed by atoms with Crippen LogP contribution in [0.4, 0.5) is 0 Å². The average molecular weight is 197 g/mol. The van der Waals surface area contributed by atoms with Crippen molar-refractivity contribution >= 4 is 0 Å². The Morgan fingerprint density at radius 3 is 2.64 bits per heavy atom. The zero-order valence-corrected chi connectivity index (χ0v) is 9.10. The van der Waals surface area contributed by atoms with Gasteiger partial charge in [0, 0.05) is 0 Å². The van der Waals surface area contributed by atoms with Crippen molar-refractivity contribution in [2.45, 2.75) is 57.0 Å². The lowest BCUT2D eigenvalue weighted by Gasteiger charge is -2.27. The van der Waals surface area contributed by atoms with Gasteiger partial charge in [-0.25, -0.2) is 0 Å². The summed E-state index contributed by atoms with van der Waals surface area (Å²) in [6.07, 6.45) is 9.52. The van der Waals surface area contributed by atoms with Crippen molar-refractivity contribution in [3.63, 3.8) is 0 Å². The summed E-state index contributed by atoms with van der Waals surface area (Å²) in [7, 11) is 0. The molecule has 1 aliphatic heterocycles. The molecule has 2 heteroatoms. The van der Waals surface area contributed by atoms with Crippen LogP contribution in [0.15, 0.2) is 0 Å². The van der Waals surface area contributed by atoms with Gasteiger partial charge in [-0.2, -0.15) is 0 Å². The van der Waals surface area contributed by atoms with Gasteiger partial charge in [-0.1, -0.05) is 12.8 Å². The Morgan fingerprint density at radius 1 is 1.21 bits per heavy atom. The van der Waals surface area contributed by atoms with E-state index in [0.717, 1.165) is 25.2 Å². The Bertz CT molecular complexity index is 169. The Balaban J connectivity index is 1.70. The molecule has 0 aromatic heterocycles. The molecule has 82 valence electrons. The monoisotopic (exact) mass is 197 g/mol. The molecule has 1 heterocycles. The Morgan fingerprint density at radius 2 is 2.00 bits per heavy atom. The van der Waals surface area contributed by atoms with E-state index >= 15 is 0 Å². The number of aliphatic hydroxyl groups is 1. The largest absolute Gasteiger partial charge is 0.390 e. The summed E-state index contributed by atoms with van der Waals surface area (Å²) in [6.45, 7) is 2.37. The molecule has 0 amide bonds. The van der Waals surface area contributed by atoms with Crippen LogP contribution >= 0.6 is 0 Å². The van der Waals surface area contributed by atoms with Gasteiger partial charge in [-0.05, 0) is 57.5 Å². The Hall–Kier alpha value is -0.0800. The second kappa shape index (κ2) is 4.63. The zero-order chi connectivity index (χ0) is 9.86. The minimum Gasteiger partial charge on any atom is -0.390 e. The first kappa shape index (κ1) is 10.4. The van der Waals surface area contributed by atoms with Gasteiger partial charge < -0.3 is 10.4 Å². The first-order valence-electron chi connectivity index (χ1n) is 6.22. The van der Waals surface area contributed by atoms with E-state index in [4.69, 9.17) is 0 Å². The minimum absolute atomic E-state index is 0.280. The fraction of sp³-hybridized carbons (Fsp3) is 1.00. The van der Waals surface area contributed by atoms with E-state index in [1.807, 2.05) is 0 Å². The standard InChI is InChI=1S/C12H23NO/c14-12(6-1-2-7-12)8-5-11-4-3-9-13-10-11/h11,13-14H,1-10H2. The lowest BCUT2D eigenvalue weighted by molar-refractivity contribution is 0.0312. The van der Waals surface area contributed by atoms with Crippen molar-refractivity contribution in [1.29, 1.82) is 0 Å². The highest BCUT2D eigenvalue weighted by Crippen LogP contribution is 2.34. The zero-order valence-electron chi connectivity index (χ0n) is 9.10. The predicted molar refractivity (Wildman–Crippen MR) is 58.2 cm³/mol. The quantitative estimate of drug-likeness (QED) is 0.726. The molecule has 1 aliphatic carbocycles. The molecule has 1 unspecified atom stereocenters. The molecule has 2 N–H and O–H groups in total. The van der Waals surface area contributed by atoms with Crippen LogP contribution < -0.4 is 5.32 Å². The number of rotatable bonds is 3.